The van der Waals surface area contributed by atoms with E-state index in [2.05, 4.69) is 4.98 Å². The van der Waals surface area contributed by atoms with Gasteiger partial charge in [0.15, 0.2) is 10.8 Å². The van der Waals surface area contributed by atoms with Crippen LogP contribution in [-0.2, 0) is 0 Å². The fourth-order valence-corrected chi connectivity index (χ4v) is 3.42. The molecule has 0 radical (unpaired) electrons. The number of anilines is 1. The molecule has 0 aliphatic carbocycles. The number of hydrogen-bond donors (Lipinski definition) is 0. The van der Waals surface area contributed by atoms with Crippen molar-refractivity contribution in [1.29, 1.82) is 5.26 Å². The molecule has 1 aromatic carbocycles. The Morgan fingerprint density at radius 2 is 2.00 bits per heavy atom. The maximum absolute atomic E-state index is 13.7. The van der Waals surface area contributed by atoms with Crippen LogP contribution in [0.4, 0.5) is 10.1 Å². The SMILES string of the molecule is N#Cc1cc(F)cc(N2CCN(C(=O)c3ccnc4cc(Cl)oc34)CC2)c1. The third kappa shape index (κ3) is 3.32. The smallest absolute Gasteiger partial charge is 0.257 e. The lowest BCUT2D eigenvalue weighted by Crippen LogP contribution is -2.48. The van der Waals surface area contributed by atoms with Gasteiger partial charge in [0.25, 0.3) is 5.91 Å². The van der Waals surface area contributed by atoms with Crippen molar-refractivity contribution in [3.8, 4) is 6.07 Å². The molecule has 0 unspecified atom stereocenters. The molecule has 27 heavy (non-hydrogen) atoms. The number of nitrogens with zero attached hydrogens (tertiary/aromatic N) is 4. The normalized spacial score (nSPS) is 14.4. The molecule has 0 spiro atoms. The summed E-state index contributed by atoms with van der Waals surface area (Å²) in [5.74, 6) is -0.610. The number of carbonyl (C=O) groups is 1. The highest BCUT2D eigenvalue weighted by atomic mass is 35.5. The van der Waals surface area contributed by atoms with Crippen molar-refractivity contribution in [2.75, 3.05) is 31.1 Å². The number of aromatic nitrogens is 1. The van der Waals surface area contributed by atoms with E-state index in [1.54, 1.807) is 29.3 Å². The Morgan fingerprint density at radius 1 is 1.22 bits per heavy atom. The molecule has 1 aliphatic heterocycles. The minimum absolute atomic E-state index is 0.162. The minimum Gasteiger partial charge on any atom is -0.442 e. The monoisotopic (exact) mass is 384 g/mol. The number of carbonyl (C=O) groups excluding carboxylic acids is 1. The highest BCUT2D eigenvalue weighted by Gasteiger charge is 2.25. The van der Waals surface area contributed by atoms with Crippen molar-refractivity contribution in [2.24, 2.45) is 0 Å². The van der Waals surface area contributed by atoms with Crippen LogP contribution in [0.15, 0.2) is 40.9 Å². The molecular weight excluding hydrogens is 371 g/mol. The van der Waals surface area contributed by atoms with E-state index in [0.717, 1.165) is 0 Å². The third-order valence-electron chi connectivity index (χ3n) is 4.56. The predicted octanol–water partition coefficient (Wildman–Crippen LogP) is 3.45. The van der Waals surface area contributed by atoms with Gasteiger partial charge in [0, 0.05) is 44.1 Å². The van der Waals surface area contributed by atoms with Gasteiger partial charge in [-0.2, -0.15) is 5.26 Å². The van der Waals surface area contributed by atoms with Gasteiger partial charge >= 0.3 is 0 Å². The Bertz CT molecular complexity index is 1070. The summed E-state index contributed by atoms with van der Waals surface area (Å²) in [4.78, 5) is 20.7. The minimum atomic E-state index is -0.448. The molecule has 0 saturated carbocycles. The van der Waals surface area contributed by atoms with Crippen LogP contribution in [0.1, 0.15) is 15.9 Å². The van der Waals surface area contributed by atoms with Gasteiger partial charge in [0.05, 0.1) is 17.2 Å². The quantitative estimate of drug-likeness (QED) is 0.676. The number of hydrogen-bond acceptors (Lipinski definition) is 5. The van der Waals surface area contributed by atoms with Crippen LogP contribution in [0.25, 0.3) is 11.1 Å². The largest absolute Gasteiger partial charge is 0.442 e. The van der Waals surface area contributed by atoms with Gasteiger partial charge in [-0.1, -0.05) is 0 Å². The first-order valence-electron chi connectivity index (χ1n) is 8.34. The van der Waals surface area contributed by atoms with Crippen LogP contribution < -0.4 is 4.90 Å². The first kappa shape index (κ1) is 17.3. The van der Waals surface area contributed by atoms with Crippen molar-refractivity contribution < 1.29 is 13.6 Å². The van der Waals surface area contributed by atoms with Crippen LogP contribution in [0.3, 0.4) is 0 Å². The lowest BCUT2D eigenvalue weighted by Gasteiger charge is -2.36. The zero-order valence-corrected chi connectivity index (χ0v) is 14.9. The van der Waals surface area contributed by atoms with Gasteiger partial charge in [-0.25, -0.2) is 4.39 Å². The number of nitriles is 1. The number of benzene rings is 1. The van der Waals surface area contributed by atoms with Crippen molar-refractivity contribution in [3.63, 3.8) is 0 Å². The Labute approximate surface area is 159 Å². The lowest BCUT2D eigenvalue weighted by atomic mass is 10.1. The molecule has 2 aromatic heterocycles. The zero-order valence-electron chi connectivity index (χ0n) is 14.2. The second-order valence-electron chi connectivity index (χ2n) is 6.21. The molecule has 1 fully saturated rings. The number of rotatable bonds is 2. The molecule has 6 nitrogen and oxygen atoms in total. The Hall–Kier alpha value is -3.11. The van der Waals surface area contributed by atoms with E-state index in [1.807, 2.05) is 11.0 Å². The van der Waals surface area contributed by atoms with E-state index in [1.165, 1.54) is 12.1 Å². The third-order valence-corrected chi connectivity index (χ3v) is 4.74. The first-order chi connectivity index (χ1) is 13.0. The summed E-state index contributed by atoms with van der Waals surface area (Å²) < 4.78 is 19.1. The Morgan fingerprint density at radius 3 is 2.74 bits per heavy atom. The highest BCUT2D eigenvalue weighted by molar-refractivity contribution is 6.29. The molecule has 0 bridgehead atoms. The van der Waals surface area contributed by atoms with Gasteiger partial charge in [0.2, 0.25) is 0 Å². The van der Waals surface area contributed by atoms with E-state index >= 15 is 0 Å². The van der Waals surface area contributed by atoms with Crippen LogP contribution in [-0.4, -0.2) is 42.0 Å². The molecule has 1 amide bonds. The summed E-state index contributed by atoms with van der Waals surface area (Å²) in [7, 11) is 0. The molecule has 1 saturated heterocycles. The van der Waals surface area contributed by atoms with Gasteiger partial charge < -0.3 is 14.2 Å². The number of pyridine rings is 1. The van der Waals surface area contributed by atoms with E-state index in [4.69, 9.17) is 21.3 Å². The molecular formula is C19H14ClFN4O2. The number of fused-ring (bicyclic) bond motifs is 1. The van der Waals surface area contributed by atoms with Gasteiger partial charge in [0.1, 0.15) is 11.3 Å². The Kier molecular flexibility index (Phi) is 4.42. The molecule has 0 atom stereocenters. The molecule has 8 heteroatoms. The summed E-state index contributed by atoms with van der Waals surface area (Å²) in [5, 5.41) is 9.18. The summed E-state index contributed by atoms with van der Waals surface area (Å²) in [6.07, 6.45) is 1.55. The molecule has 0 N–H and O–H groups in total. The fourth-order valence-electron chi connectivity index (χ4n) is 3.24. The van der Waals surface area contributed by atoms with Crippen LogP contribution >= 0.6 is 11.6 Å². The lowest BCUT2D eigenvalue weighted by molar-refractivity contribution is 0.0747. The summed E-state index contributed by atoms with van der Waals surface area (Å²) in [5.41, 5.74) is 2.24. The van der Waals surface area contributed by atoms with Crippen LogP contribution in [0.2, 0.25) is 5.22 Å². The second-order valence-corrected chi connectivity index (χ2v) is 6.59. The number of piperazine rings is 1. The average molecular weight is 385 g/mol. The van der Waals surface area contributed by atoms with Gasteiger partial charge in [-0.3, -0.25) is 9.78 Å². The predicted molar refractivity (Wildman–Crippen MR) is 98.3 cm³/mol. The summed E-state index contributed by atoms with van der Waals surface area (Å²) in [6, 6.07) is 9.39. The van der Waals surface area contributed by atoms with E-state index < -0.39 is 5.82 Å². The molecule has 3 aromatic rings. The topological polar surface area (TPSA) is 73.4 Å². The summed E-state index contributed by atoms with van der Waals surface area (Å²) >= 11 is 5.88. The van der Waals surface area contributed by atoms with Gasteiger partial charge in [-0.15, -0.1) is 0 Å². The maximum atomic E-state index is 13.7. The van der Waals surface area contributed by atoms with E-state index in [9.17, 15) is 9.18 Å². The van der Waals surface area contributed by atoms with Crippen molar-refractivity contribution >= 4 is 34.3 Å². The fraction of sp³-hybridized carbons (Fsp3) is 0.211. The molecule has 3 heterocycles. The summed E-state index contributed by atoms with van der Waals surface area (Å²) in [6.45, 7) is 2.01. The Balaban J connectivity index is 1.51. The van der Waals surface area contributed by atoms with Crippen molar-refractivity contribution in [2.45, 2.75) is 0 Å². The standard InChI is InChI=1S/C19H14ClFN4O2/c20-17-10-16-18(27-17)15(1-2-23-16)19(26)25-5-3-24(4-6-25)14-8-12(11-22)7-13(21)9-14/h1-2,7-10H,3-6H2. The van der Waals surface area contributed by atoms with E-state index in [0.29, 0.717) is 48.5 Å². The number of halogens is 2. The highest BCUT2D eigenvalue weighted by Crippen LogP contribution is 2.26. The van der Waals surface area contributed by atoms with Crippen LogP contribution in [0, 0.1) is 17.1 Å². The van der Waals surface area contributed by atoms with Gasteiger partial charge in [-0.05, 0) is 35.9 Å². The van der Waals surface area contributed by atoms with E-state index in [-0.39, 0.29) is 16.7 Å². The average Bonchev–Trinajstić information content (AvgIpc) is 3.07. The van der Waals surface area contributed by atoms with Crippen molar-refractivity contribution in [3.05, 3.63) is 58.7 Å². The maximum Gasteiger partial charge on any atom is 0.257 e. The number of amides is 1. The van der Waals surface area contributed by atoms with Crippen molar-refractivity contribution in [1.82, 2.24) is 9.88 Å². The van der Waals surface area contributed by atoms with Crippen LogP contribution in [0.5, 0.6) is 0 Å². The molecule has 136 valence electrons. The molecule has 4 rings (SSSR count). The number of furan rings is 1. The zero-order chi connectivity index (χ0) is 19.0. The second kappa shape index (κ2) is 6.89. The first-order valence-corrected chi connectivity index (χ1v) is 8.72. The molecule has 1 aliphatic rings.